The van der Waals surface area contributed by atoms with Gasteiger partial charge in [-0.15, -0.1) is 0 Å². The van der Waals surface area contributed by atoms with Gasteiger partial charge in [-0.1, -0.05) is 30.3 Å². The average molecular weight is 448 g/mol. The highest BCUT2D eigenvalue weighted by atomic mass is 19.1. The molecular formula is C26H26FN3O3. The Labute approximate surface area is 191 Å². The molecule has 0 aliphatic heterocycles. The maximum atomic E-state index is 13.2. The molecule has 170 valence electrons. The number of ether oxygens (including phenoxy) is 1. The van der Waals surface area contributed by atoms with E-state index in [1.807, 2.05) is 48.5 Å². The van der Waals surface area contributed by atoms with Gasteiger partial charge in [-0.05, 0) is 68.3 Å². The molecule has 1 aromatic heterocycles. The average Bonchev–Trinajstić information content (AvgIpc) is 3.21. The molecule has 7 heteroatoms. The van der Waals surface area contributed by atoms with E-state index in [1.54, 1.807) is 23.0 Å². The maximum Gasteiger partial charge on any atom is 0.251 e. The van der Waals surface area contributed by atoms with Crippen LogP contribution >= 0.6 is 0 Å². The largest absolute Gasteiger partial charge is 0.491 e. The summed E-state index contributed by atoms with van der Waals surface area (Å²) < 4.78 is 21.0. The number of hydrogen-bond acceptors (Lipinski definition) is 4. The van der Waals surface area contributed by atoms with Crippen LogP contribution in [0.15, 0.2) is 79.0 Å². The summed E-state index contributed by atoms with van der Waals surface area (Å²) in [6, 6.07) is 21.2. The number of hydrogen-bond donors (Lipinski definition) is 2. The van der Waals surface area contributed by atoms with Gasteiger partial charge in [-0.2, -0.15) is 5.10 Å². The molecule has 4 aromatic rings. The number of nitrogens with one attached hydrogen (secondary N) is 1. The van der Waals surface area contributed by atoms with Crippen molar-refractivity contribution in [1.82, 2.24) is 15.1 Å². The van der Waals surface area contributed by atoms with E-state index in [0.29, 0.717) is 12.2 Å². The molecule has 33 heavy (non-hydrogen) atoms. The van der Waals surface area contributed by atoms with Crippen molar-refractivity contribution in [1.29, 1.82) is 0 Å². The van der Waals surface area contributed by atoms with E-state index >= 15 is 0 Å². The topological polar surface area (TPSA) is 76.4 Å². The van der Waals surface area contributed by atoms with Gasteiger partial charge in [0.15, 0.2) is 0 Å². The first-order valence-corrected chi connectivity index (χ1v) is 10.7. The molecule has 1 heterocycles. The molecule has 0 fully saturated rings. The molecule has 3 aromatic carbocycles. The van der Waals surface area contributed by atoms with Crippen LogP contribution in [-0.4, -0.2) is 39.0 Å². The van der Waals surface area contributed by atoms with Crippen molar-refractivity contribution in [2.45, 2.75) is 31.9 Å². The Morgan fingerprint density at radius 2 is 1.85 bits per heavy atom. The molecule has 0 saturated carbocycles. The number of benzene rings is 3. The van der Waals surface area contributed by atoms with Crippen LogP contribution in [0.5, 0.6) is 5.75 Å². The predicted octanol–water partition coefficient (Wildman–Crippen LogP) is 4.04. The lowest BCUT2D eigenvalue weighted by atomic mass is 10.0. The Morgan fingerprint density at radius 1 is 1.12 bits per heavy atom. The number of nitrogens with zero attached hydrogens (tertiary/aromatic N) is 2. The van der Waals surface area contributed by atoms with Gasteiger partial charge in [0.2, 0.25) is 0 Å². The predicted molar refractivity (Wildman–Crippen MR) is 125 cm³/mol. The van der Waals surface area contributed by atoms with E-state index in [9.17, 15) is 14.3 Å². The molecule has 0 aliphatic carbocycles. The van der Waals surface area contributed by atoms with Crippen molar-refractivity contribution in [3.63, 3.8) is 0 Å². The minimum absolute atomic E-state index is 0.230. The summed E-state index contributed by atoms with van der Waals surface area (Å²) in [6.45, 7) is 3.14. The number of aromatic nitrogens is 2. The highest BCUT2D eigenvalue weighted by Gasteiger charge is 2.26. The lowest BCUT2D eigenvalue weighted by molar-refractivity contribution is -0.137. The minimum Gasteiger partial charge on any atom is -0.491 e. The molecule has 2 N–H and O–H groups in total. The zero-order chi connectivity index (χ0) is 23.4. The van der Waals surface area contributed by atoms with Gasteiger partial charge in [-0.25, -0.2) is 9.07 Å². The van der Waals surface area contributed by atoms with Crippen LogP contribution in [0.2, 0.25) is 0 Å². The van der Waals surface area contributed by atoms with E-state index in [1.165, 1.54) is 26.0 Å². The van der Waals surface area contributed by atoms with E-state index in [4.69, 9.17) is 4.74 Å². The third-order valence-corrected chi connectivity index (χ3v) is 5.28. The van der Waals surface area contributed by atoms with E-state index in [-0.39, 0.29) is 18.5 Å². The van der Waals surface area contributed by atoms with E-state index < -0.39 is 11.5 Å². The molecule has 0 bridgehead atoms. The lowest BCUT2D eigenvalue weighted by Gasteiger charge is -2.24. The molecule has 0 saturated heterocycles. The smallest absolute Gasteiger partial charge is 0.251 e. The first-order chi connectivity index (χ1) is 15.8. The minimum atomic E-state index is -1.48. The summed E-state index contributed by atoms with van der Waals surface area (Å²) in [5, 5.41) is 18.2. The molecule has 1 atom stereocenters. The van der Waals surface area contributed by atoms with Gasteiger partial charge in [0.25, 0.3) is 5.91 Å². The van der Waals surface area contributed by atoms with Crippen molar-refractivity contribution in [2.75, 3.05) is 6.61 Å². The van der Waals surface area contributed by atoms with Crippen LogP contribution in [0, 0.1) is 5.82 Å². The van der Waals surface area contributed by atoms with E-state index in [2.05, 4.69) is 10.4 Å². The third-order valence-electron chi connectivity index (χ3n) is 5.28. The molecule has 1 unspecified atom stereocenters. The number of rotatable bonds is 8. The number of carbonyl (C=O) groups is 1. The van der Waals surface area contributed by atoms with Crippen LogP contribution in [0.3, 0.4) is 0 Å². The number of fused-ring (bicyclic) bond motifs is 1. The highest BCUT2D eigenvalue weighted by Crippen LogP contribution is 2.23. The van der Waals surface area contributed by atoms with Crippen LogP contribution in [0.1, 0.15) is 19.4 Å². The van der Waals surface area contributed by atoms with Gasteiger partial charge < -0.3 is 15.2 Å². The Hall–Kier alpha value is -3.71. The number of amides is 1. The van der Waals surface area contributed by atoms with Crippen LogP contribution in [0.25, 0.3) is 16.6 Å². The fourth-order valence-electron chi connectivity index (χ4n) is 3.50. The first kappa shape index (κ1) is 22.5. The molecule has 6 nitrogen and oxygen atoms in total. The molecule has 0 aliphatic rings. The fourth-order valence-corrected chi connectivity index (χ4v) is 3.50. The monoisotopic (exact) mass is 447 g/mol. The van der Waals surface area contributed by atoms with Crippen molar-refractivity contribution in [3.05, 3.63) is 90.4 Å². The summed E-state index contributed by atoms with van der Waals surface area (Å²) in [4.78, 5) is 12.4. The number of aliphatic hydroxyl groups is 1. The summed E-state index contributed by atoms with van der Waals surface area (Å²) in [7, 11) is 0. The SMILES string of the molecule is CC(C)(O)C(=O)NC(COc1ccc2c(cnn2-c2ccc(F)cc2)c1)Cc1ccccc1. The Balaban J connectivity index is 1.50. The number of carbonyl (C=O) groups excluding carboxylic acids is 1. The normalized spacial score (nSPS) is 12.5. The highest BCUT2D eigenvalue weighted by molar-refractivity contribution is 5.84. The molecule has 4 rings (SSSR count). The number of halogens is 1. The summed E-state index contributed by atoms with van der Waals surface area (Å²) in [6.07, 6.45) is 2.29. The maximum absolute atomic E-state index is 13.2. The van der Waals surface area contributed by atoms with Crippen molar-refractivity contribution < 1.29 is 19.0 Å². The molecule has 1 amide bonds. The van der Waals surface area contributed by atoms with E-state index in [0.717, 1.165) is 22.2 Å². The molecule has 0 spiro atoms. The Morgan fingerprint density at radius 3 is 2.55 bits per heavy atom. The van der Waals surface area contributed by atoms with Gasteiger partial charge in [0.05, 0.1) is 23.4 Å². The second-order valence-electron chi connectivity index (χ2n) is 8.48. The zero-order valence-electron chi connectivity index (χ0n) is 18.5. The Bertz CT molecular complexity index is 1230. The van der Waals surface area contributed by atoms with Crippen molar-refractivity contribution >= 4 is 16.8 Å². The van der Waals surface area contributed by atoms with Crippen molar-refractivity contribution in [2.24, 2.45) is 0 Å². The lowest BCUT2D eigenvalue weighted by Crippen LogP contribution is -2.49. The van der Waals surface area contributed by atoms with Crippen LogP contribution < -0.4 is 10.1 Å². The second-order valence-corrected chi connectivity index (χ2v) is 8.48. The zero-order valence-corrected chi connectivity index (χ0v) is 18.5. The van der Waals surface area contributed by atoms with Gasteiger partial charge in [-0.3, -0.25) is 4.79 Å². The molecular weight excluding hydrogens is 421 g/mol. The summed E-state index contributed by atoms with van der Waals surface area (Å²) in [5.74, 6) is -0.118. The van der Waals surface area contributed by atoms with Gasteiger partial charge >= 0.3 is 0 Å². The van der Waals surface area contributed by atoms with Crippen LogP contribution in [0.4, 0.5) is 4.39 Å². The van der Waals surface area contributed by atoms with Crippen molar-refractivity contribution in [3.8, 4) is 11.4 Å². The second kappa shape index (κ2) is 9.42. The quantitative estimate of drug-likeness (QED) is 0.427. The van der Waals surface area contributed by atoms with Crippen LogP contribution in [-0.2, 0) is 11.2 Å². The third kappa shape index (κ3) is 5.56. The standard InChI is InChI=1S/C26H26FN3O3/c1-26(2,32)25(31)29-21(14-18-6-4-3-5-7-18)17-33-23-12-13-24-19(15-23)16-28-30(24)22-10-8-20(27)9-11-22/h3-13,15-16,21,32H,14,17H2,1-2H3,(H,29,31). The summed E-state index contributed by atoms with van der Waals surface area (Å²) in [5.41, 5.74) is 1.20. The fraction of sp³-hybridized carbons (Fsp3) is 0.231. The summed E-state index contributed by atoms with van der Waals surface area (Å²) >= 11 is 0. The first-order valence-electron chi connectivity index (χ1n) is 10.7. The van der Waals surface area contributed by atoms with Gasteiger partial charge in [0, 0.05) is 5.39 Å². The Kier molecular flexibility index (Phi) is 6.42. The van der Waals surface area contributed by atoms with Gasteiger partial charge in [0.1, 0.15) is 23.8 Å². The molecule has 0 radical (unpaired) electrons.